The summed E-state index contributed by atoms with van der Waals surface area (Å²) >= 11 is 6.24. The third-order valence-corrected chi connectivity index (χ3v) is 4.09. The van der Waals surface area contributed by atoms with E-state index in [2.05, 4.69) is 23.8 Å². The molecule has 1 aromatic rings. The molecular weight excluding hydrogens is 246 g/mol. The first-order chi connectivity index (χ1) is 8.63. The van der Waals surface area contributed by atoms with Gasteiger partial charge in [-0.1, -0.05) is 24.6 Å². The number of likely N-dealkylation sites (tertiary alicyclic amines) is 1. The first-order valence-corrected chi connectivity index (χ1v) is 7.00. The highest BCUT2D eigenvalue weighted by Crippen LogP contribution is 2.32. The van der Waals surface area contributed by atoms with Crippen molar-refractivity contribution in [3.05, 3.63) is 23.2 Å². The summed E-state index contributed by atoms with van der Waals surface area (Å²) < 4.78 is 0. The Bertz CT molecular complexity index is 388. The highest BCUT2D eigenvalue weighted by molar-refractivity contribution is 6.33. The van der Waals surface area contributed by atoms with E-state index in [-0.39, 0.29) is 0 Å². The topological polar surface area (TPSA) is 32.5 Å². The fraction of sp³-hybridized carbons (Fsp3) is 0.571. The predicted octanol–water partition coefficient (Wildman–Crippen LogP) is 2.84. The molecule has 3 nitrogen and oxygen atoms in total. The number of nitrogens with zero attached hydrogens (tertiary/aromatic N) is 2. The second-order valence-electron chi connectivity index (χ2n) is 4.98. The van der Waals surface area contributed by atoms with Crippen molar-refractivity contribution in [2.45, 2.75) is 25.8 Å². The van der Waals surface area contributed by atoms with Crippen LogP contribution in [0.15, 0.2) is 18.2 Å². The molecule has 0 aromatic heterocycles. The Morgan fingerprint density at radius 3 is 2.94 bits per heavy atom. The number of halogens is 1. The summed E-state index contributed by atoms with van der Waals surface area (Å²) in [4.78, 5) is 4.72. The van der Waals surface area contributed by atoms with Gasteiger partial charge < -0.3 is 10.6 Å². The Hall–Kier alpha value is -0.930. The van der Waals surface area contributed by atoms with Crippen molar-refractivity contribution in [3.8, 4) is 0 Å². The first-order valence-electron chi connectivity index (χ1n) is 6.62. The maximum absolute atomic E-state index is 6.24. The smallest absolute Gasteiger partial charge is 0.0787 e. The SMILES string of the molecule is CCN1CCCC1CN(C)c1c(N)cccc1Cl. The van der Waals surface area contributed by atoms with Crippen molar-refractivity contribution in [1.29, 1.82) is 0 Å². The van der Waals surface area contributed by atoms with Crippen LogP contribution < -0.4 is 10.6 Å². The molecule has 0 aliphatic carbocycles. The summed E-state index contributed by atoms with van der Waals surface area (Å²) in [6.07, 6.45) is 2.56. The number of benzene rings is 1. The zero-order valence-corrected chi connectivity index (χ0v) is 12.0. The molecule has 1 saturated heterocycles. The van der Waals surface area contributed by atoms with Gasteiger partial charge in [-0.15, -0.1) is 0 Å². The molecule has 4 heteroatoms. The first kappa shape index (κ1) is 13.5. The Labute approximate surface area is 115 Å². The zero-order chi connectivity index (χ0) is 13.1. The minimum absolute atomic E-state index is 0.621. The van der Waals surface area contributed by atoms with E-state index >= 15 is 0 Å². The van der Waals surface area contributed by atoms with Crippen molar-refractivity contribution in [3.63, 3.8) is 0 Å². The molecule has 1 aliphatic rings. The summed E-state index contributed by atoms with van der Waals surface area (Å²) in [6.45, 7) is 5.55. The van der Waals surface area contributed by atoms with E-state index in [9.17, 15) is 0 Å². The maximum atomic E-state index is 6.24. The summed E-state index contributed by atoms with van der Waals surface area (Å²) in [6, 6.07) is 6.32. The Balaban J connectivity index is 2.10. The normalized spacial score (nSPS) is 20.3. The van der Waals surface area contributed by atoms with Crippen LogP contribution in [0, 0.1) is 0 Å². The van der Waals surface area contributed by atoms with Crippen LogP contribution in [0.5, 0.6) is 0 Å². The molecular formula is C14H22ClN3. The minimum atomic E-state index is 0.621. The van der Waals surface area contributed by atoms with Crippen LogP contribution in [-0.4, -0.2) is 37.6 Å². The molecule has 0 amide bonds. The lowest BCUT2D eigenvalue weighted by Gasteiger charge is -2.30. The van der Waals surface area contributed by atoms with Crippen molar-refractivity contribution < 1.29 is 0 Å². The van der Waals surface area contributed by atoms with Gasteiger partial charge in [0.15, 0.2) is 0 Å². The Morgan fingerprint density at radius 1 is 1.50 bits per heavy atom. The van der Waals surface area contributed by atoms with Gasteiger partial charge in [0.05, 0.1) is 16.4 Å². The molecule has 0 saturated carbocycles. The number of hydrogen-bond donors (Lipinski definition) is 1. The Morgan fingerprint density at radius 2 is 2.28 bits per heavy atom. The van der Waals surface area contributed by atoms with Crippen molar-refractivity contribution >= 4 is 23.0 Å². The van der Waals surface area contributed by atoms with Crippen LogP contribution in [0.2, 0.25) is 5.02 Å². The zero-order valence-electron chi connectivity index (χ0n) is 11.2. The molecule has 1 atom stereocenters. The standard InChI is InChI=1S/C14H22ClN3/c1-3-18-9-5-6-11(18)10-17(2)14-12(15)7-4-8-13(14)16/h4,7-8,11H,3,5-6,9-10,16H2,1-2H3. The van der Waals surface area contributed by atoms with E-state index in [0.29, 0.717) is 6.04 Å². The van der Waals surface area contributed by atoms with Gasteiger partial charge in [0, 0.05) is 19.6 Å². The third-order valence-electron chi connectivity index (χ3n) is 3.79. The number of nitrogen functional groups attached to an aromatic ring is 1. The molecule has 0 spiro atoms. The van der Waals surface area contributed by atoms with Crippen LogP contribution in [0.4, 0.5) is 11.4 Å². The van der Waals surface area contributed by atoms with Gasteiger partial charge in [-0.05, 0) is 38.1 Å². The lowest BCUT2D eigenvalue weighted by molar-refractivity contribution is 0.270. The van der Waals surface area contributed by atoms with Crippen molar-refractivity contribution in [1.82, 2.24) is 4.90 Å². The summed E-state index contributed by atoms with van der Waals surface area (Å²) in [5.74, 6) is 0. The average molecular weight is 268 g/mol. The van der Waals surface area contributed by atoms with Gasteiger partial charge in [-0.25, -0.2) is 0 Å². The quantitative estimate of drug-likeness (QED) is 0.852. The third kappa shape index (κ3) is 2.73. The van der Waals surface area contributed by atoms with Gasteiger partial charge in [0.25, 0.3) is 0 Å². The molecule has 1 fully saturated rings. The molecule has 1 heterocycles. The summed E-state index contributed by atoms with van der Waals surface area (Å²) in [7, 11) is 2.07. The lowest BCUT2D eigenvalue weighted by Crippen LogP contribution is -2.39. The van der Waals surface area contributed by atoms with Gasteiger partial charge in [0.1, 0.15) is 0 Å². The number of nitrogens with two attached hydrogens (primary N) is 1. The van der Waals surface area contributed by atoms with E-state index < -0.39 is 0 Å². The monoisotopic (exact) mass is 267 g/mol. The molecule has 100 valence electrons. The largest absolute Gasteiger partial charge is 0.397 e. The van der Waals surface area contributed by atoms with E-state index in [1.807, 2.05) is 18.2 Å². The van der Waals surface area contributed by atoms with Crippen LogP contribution in [0.1, 0.15) is 19.8 Å². The Kier molecular flexibility index (Phi) is 4.36. The van der Waals surface area contributed by atoms with E-state index in [0.717, 1.165) is 29.5 Å². The summed E-state index contributed by atoms with van der Waals surface area (Å²) in [5, 5.41) is 0.735. The second-order valence-corrected chi connectivity index (χ2v) is 5.39. The average Bonchev–Trinajstić information content (AvgIpc) is 2.76. The van der Waals surface area contributed by atoms with E-state index in [1.165, 1.54) is 19.4 Å². The van der Waals surface area contributed by atoms with Gasteiger partial charge in [0.2, 0.25) is 0 Å². The summed E-state index contributed by atoms with van der Waals surface area (Å²) in [5.41, 5.74) is 7.74. The predicted molar refractivity (Wildman–Crippen MR) is 79.4 cm³/mol. The van der Waals surface area contributed by atoms with E-state index in [1.54, 1.807) is 0 Å². The molecule has 18 heavy (non-hydrogen) atoms. The van der Waals surface area contributed by atoms with E-state index in [4.69, 9.17) is 17.3 Å². The maximum Gasteiger partial charge on any atom is 0.0787 e. The molecule has 2 N–H and O–H groups in total. The van der Waals surface area contributed by atoms with Crippen molar-refractivity contribution in [2.75, 3.05) is 37.3 Å². The second kappa shape index (κ2) is 5.81. The van der Waals surface area contributed by atoms with Gasteiger partial charge in [-0.2, -0.15) is 0 Å². The molecule has 0 bridgehead atoms. The lowest BCUT2D eigenvalue weighted by atomic mass is 10.2. The van der Waals surface area contributed by atoms with Gasteiger partial charge in [-0.3, -0.25) is 4.90 Å². The number of likely N-dealkylation sites (N-methyl/N-ethyl adjacent to an activating group) is 2. The van der Waals surface area contributed by atoms with Crippen LogP contribution >= 0.6 is 11.6 Å². The van der Waals surface area contributed by atoms with Crippen LogP contribution in [-0.2, 0) is 0 Å². The fourth-order valence-corrected chi connectivity index (χ4v) is 3.19. The number of rotatable bonds is 4. The highest BCUT2D eigenvalue weighted by atomic mass is 35.5. The van der Waals surface area contributed by atoms with Crippen LogP contribution in [0.25, 0.3) is 0 Å². The molecule has 2 rings (SSSR count). The molecule has 0 radical (unpaired) electrons. The van der Waals surface area contributed by atoms with Crippen molar-refractivity contribution in [2.24, 2.45) is 0 Å². The van der Waals surface area contributed by atoms with Crippen LogP contribution in [0.3, 0.4) is 0 Å². The molecule has 1 aromatic carbocycles. The highest BCUT2D eigenvalue weighted by Gasteiger charge is 2.25. The number of hydrogen-bond acceptors (Lipinski definition) is 3. The number of anilines is 2. The molecule has 1 aliphatic heterocycles. The fourth-order valence-electron chi connectivity index (χ4n) is 2.86. The number of para-hydroxylation sites is 1. The van der Waals surface area contributed by atoms with Gasteiger partial charge >= 0.3 is 0 Å². The molecule has 1 unspecified atom stereocenters. The minimum Gasteiger partial charge on any atom is -0.397 e.